The predicted octanol–water partition coefficient (Wildman–Crippen LogP) is 1.07. The first kappa shape index (κ1) is 14.3. The molecule has 1 aromatic heterocycles. The van der Waals surface area contributed by atoms with E-state index in [0.717, 1.165) is 0 Å². The lowest BCUT2D eigenvalue weighted by Crippen LogP contribution is -2.02. The van der Waals surface area contributed by atoms with E-state index in [4.69, 9.17) is 0 Å². The van der Waals surface area contributed by atoms with Gasteiger partial charge >= 0.3 is 11.9 Å². The maximum atomic E-state index is 10.9. The minimum absolute atomic E-state index is 0.201. The van der Waals surface area contributed by atoms with Crippen LogP contribution < -0.4 is 0 Å². The first-order valence-electron chi connectivity index (χ1n) is 4.38. The van der Waals surface area contributed by atoms with Gasteiger partial charge in [0.15, 0.2) is 8.68 Å². The lowest BCUT2D eigenvalue weighted by molar-refractivity contribution is -0.138. The molecule has 0 fully saturated rings. The van der Waals surface area contributed by atoms with Crippen molar-refractivity contribution in [3.05, 3.63) is 0 Å². The second-order valence-corrected chi connectivity index (χ2v) is 5.99. The number of carbonyl (C=O) groups excluding carboxylic acids is 2. The van der Waals surface area contributed by atoms with Crippen molar-refractivity contribution in [3.63, 3.8) is 0 Å². The number of carbonyl (C=O) groups is 2. The minimum atomic E-state index is -0.311. The van der Waals surface area contributed by atoms with Crippen LogP contribution in [0.5, 0.6) is 0 Å². The van der Waals surface area contributed by atoms with Crippen LogP contribution in [0.4, 0.5) is 0 Å². The van der Waals surface area contributed by atoms with Gasteiger partial charge in [-0.1, -0.05) is 34.9 Å². The number of nitrogens with zero attached hydrogens (tertiary/aromatic N) is 2. The van der Waals surface area contributed by atoms with Crippen LogP contribution >= 0.6 is 34.9 Å². The Hall–Kier alpha value is -0.800. The summed E-state index contributed by atoms with van der Waals surface area (Å²) in [6.45, 7) is 0. The number of hydrogen-bond acceptors (Lipinski definition) is 9. The molecule has 1 aromatic rings. The van der Waals surface area contributed by atoms with E-state index in [9.17, 15) is 9.59 Å². The molecule has 0 atom stereocenters. The Kier molecular flexibility index (Phi) is 6.30. The highest BCUT2D eigenvalue weighted by Gasteiger charge is 2.10. The highest BCUT2D eigenvalue weighted by Crippen LogP contribution is 2.28. The fraction of sp³-hybridized carbons (Fsp3) is 0.500. The van der Waals surface area contributed by atoms with Crippen LogP contribution in [-0.2, 0) is 19.1 Å². The molecule has 17 heavy (non-hydrogen) atoms. The zero-order valence-corrected chi connectivity index (χ0v) is 11.6. The van der Waals surface area contributed by atoms with Crippen LogP contribution in [0, 0.1) is 0 Å². The molecule has 94 valence electrons. The molecule has 0 aliphatic carbocycles. The molecule has 0 amide bonds. The minimum Gasteiger partial charge on any atom is -0.468 e. The zero-order valence-electron chi connectivity index (χ0n) is 9.17. The molecule has 1 rings (SSSR count). The predicted molar refractivity (Wildman–Crippen MR) is 65.4 cm³/mol. The fourth-order valence-corrected chi connectivity index (χ4v) is 3.36. The summed E-state index contributed by atoms with van der Waals surface area (Å²) in [5.41, 5.74) is 0. The highest BCUT2D eigenvalue weighted by molar-refractivity contribution is 8.03. The average Bonchev–Trinajstić information content (AvgIpc) is 2.80. The number of hydrogen-bond donors (Lipinski definition) is 0. The molecule has 0 bridgehead atoms. The maximum Gasteiger partial charge on any atom is 0.316 e. The summed E-state index contributed by atoms with van der Waals surface area (Å²) in [6.07, 6.45) is 0. The summed E-state index contributed by atoms with van der Waals surface area (Å²) in [5.74, 6) is -0.220. The van der Waals surface area contributed by atoms with E-state index in [1.54, 1.807) is 0 Å². The van der Waals surface area contributed by atoms with E-state index >= 15 is 0 Å². The van der Waals surface area contributed by atoms with Gasteiger partial charge in [0.25, 0.3) is 0 Å². The molecule has 6 nitrogen and oxygen atoms in total. The Bertz CT molecular complexity index is 361. The number of rotatable bonds is 6. The highest BCUT2D eigenvalue weighted by atomic mass is 32.2. The zero-order chi connectivity index (χ0) is 12.7. The van der Waals surface area contributed by atoms with Crippen LogP contribution in [0.15, 0.2) is 8.68 Å². The molecule has 0 saturated heterocycles. The Labute approximate surface area is 110 Å². The molecule has 0 N–H and O–H groups in total. The lowest BCUT2D eigenvalue weighted by atomic mass is 10.8. The smallest absolute Gasteiger partial charge is 0.316 e. The number of aromatic nitrogens is 2. The molecule has 0 aromatic carbocycles. The number of ether oxygens (including phenoxy) is 2. The van der Waals surface area contributed by atoms with Gasteiger partial charge in [0.2, 0.25) is 0 Å². The van der Waals surface area contributed by atoms with E-state index in [0.29, 0.717) is 8.68 Å². The summed E-state index contributed by atoms with van der Waals surface area (Å²) in [4.78, 5) is 21.8. The third kappa shape index (κ3) is 5.37. The second kappa shape index (κ2) is 7.51. The SMILES string of the molecule is COC(=O)CSc1nnc(SCC(=O)OC)s1. The van der Waals surface area contributed by atoms with Crippen molar-refractivity contribution in [3.8, 4) is 0 Å². The summed E-state index contributed by atoms with van der Waals surface area (Å²) in [7, 11) is 2.67. The maximum absolute atomic E-state index is 10.9. The number of esters is 2. The molecule has 0 aliphatic heterocycles. The van der Waals surface area contributed by atoms with Gasteiger partial charge in [0.05, 0.1) is 25.7 Å². The molecule has 0 radical (unpaired) electrons. The average molecular weight is 294 g/mol. The molecule has 9 heteroatoms. The van der Waals surface area contributed by atoms with E-state index < -0.39 is 0 Å². The monoisotopic (exact) mass is 294 g/mol. The first-order chi connectivity index (χ1) is 8.15. The molecular formula is C8H10N2O4S3. The quantitative estimate of drug-likeness (QED) is 0.569. The van der Waals surface area contributed by atoms with Crippen LogP contribution in [-0.4, -0.2) is 47.9 Å². The van der Waals surface area contributed by atoms with E-state index in [1.165, 1.54) is 49.1 Å². The normalized spacial score (nSPS) is 10.0. The Morgan fingerprint density at radius 2 is 1.47 bits per heavy atom. The van der Waals surface area contributed by atoms with Crippen LogP contribution in [0.3, 0.4) is 0 Å². The third-order valence-electron chi connectivity index (χ3n) is 1.47. The van der Waals surface area contributed by atoms with Gasteiger partial charge in [0, 0.05) is 0 Å². The molecular weight excluding hydrogens is 284 g/mol. The van der Waals surface area contributed by atoms with Crippen LogP contribution in [0.2, 0.25) is 0 Å². The lowest BCUT2D eigenvalue weighted by Gasteiger charge is -1.95. The first-order valence-corrected chi connectivity index (χ1v) is 7.17. The van der Waals surface area contributed by atoms with Crippen molar-refractivity contribution in [2.75, 3.05) is 25.7 Å². The van der Waals surface area contributed by atoms with E-state index in [-0.39, 0.29) is 23.4 Å². The van der Waals surface area contributed by atoms with Gasteiger partial charge < -0.3 is 9.47 Å². The number of methoxy groups -OCH3 is 2. The molecule has 0 unspecified atom stereocenters. The van der Waals surface area contributed by atoms with Crippen LogP contribution in [0.1, 0.15) is 0 Å². The van der Waals surface area contributed by atoms with Crippen molar-refractivity contribution in [1.29, 1.82) is 0 Å². The Morgan fingerprint density at radius 3 is 1.82 bits per heavy atom. The standard InChI is InChI=1S/C8H10N2O4S3/c1-13-5(11)3-15-7-9-10-8(17-7)16-4-6(12)14-2/h3-4H2,1-2H3. The Morgan fingerprint density at radius 1 is 1.06 bits per heavy atom. The molecule has 0 saturated carbocycles. The van der Waals surface area contributed by atoms with Gasteiger partial charge in [-0.25, -0.2) is 0 Å². The number of thioether (sulfide) groups is 2. The van der Waals surface area contributed by atoms with Crippen molar-refractivity contribution in [2.24, 2.45) is 0 Å². The molecule has 0 spiro atoms. The van der Waals surface area contributed by atoms with E-state index in [1.807, 2.05) is 0 Å². The summed E-state index contributed by atoms with van der Waals surface area (Å²) >= 11 is 3.84. The Balaban J connectivity index is 2.37. The second-order valence-electron chi connectivity index (χ2n) is 2.56. The van der Waals surface area contributed by atoms with E-state index in [2.05, 4.69) is 19.7 Å². The summed E-state index contributed by atoms with van der Waals surface area (Å²) < 4.78 is 10.3. The van der Waals surface area contributed by atoms with Gasteiger partial charge in [0.1, 0.15) is 0 Å². The van der Waals surface area contributed by atoms with Crippen LogP contribution in [0.25, 0.3) is 0 Å². The third-order valence-corrected chi connectivity index (χ3v) is 4.61. The van der Waals surface area contributed by atoms with Crippen molar-refractivity contribution in [1.82, 2.24) is 10.2 Å². The van der Waals surface area contributed by atoms with Gasteiger partial charge in [-0.2, -0.15) is 0 Å². The van der Waals surface area contributed by atoms with Gasteiger partial charge in [-0.3, -0.25) is 9.59 Å². The topological polar surface area (TPSA) is 78.4 Å². The molecule has 0 aliphatic rings. The van der Waals surface area contributed by atoms with Crippen molar-refractivity contribution >= 4 is 46.8 Å². The largest absolute Gasteiger partial charge is 0.468 e. The summed E-state index contributed by atoms with van der Waals surface area (Å²) in [6, 6.07) is 0. The van der Waals surface area contributed by atoms with Gasteiger partial charge in [-0.15, -0.1) is 10.2 Å². The fourth-order valence-electron chi connectivity index (χ4n) is 0.673. The van der Waals surface area contributed by atoms with Crippen molar-refractivity contribution < 1.29 is 19.1 Å². The van der Waals surface area contributed by atoms with Gasteiger partial charge in [-0.05, 0) is 0 Å². The summed E-state index contributed by atoms with van der Waals surface area (Å²) in [5, 5.41) is 7.75. The molecule has 1 heterocycles. The van der Waals surface area contributed by atoms with Crippen molar-refractivity contribution in [2.45, 2.75) is 8.68 Å².